The van der Waals surface area contributed by atoms with Crippen LogP contribution in [0.1, 0.15) is 33.6 Å². The van der Waals surface area contributed by atoms with E-state index in [-0.39, 0.29) is 17.2 Å². The van der Waals surface area contributed by atoms with Crippen LogP contribution in [0.5, 0.6) is 0 Å². The largest absolute Gasteiger partial charge is 0.480 e. The monoisotopic (exact) mass is 303 g/mol. The van der Waals surface area contributed by atoms with Crippen LogP contribution in [0.25, 0.3) is 0 Å². The quantitative estimate of drug-likeness (QED) is 0.867. The van der Waals surface area contributed by atoms with Gasteiger partial charge in [0.05, 0.1) is 10.1 Å². The second-order valence-electron chi connectivity index (χ2n) is 5.72. The molecule has 0 radical (unpaired) electrons. The third-order valence-corrected chi connectivity index (χ3v) is 6.93. The van der Waals surface area contributed by atoms with Crippen molar-refractivity contribution >= 4 is 35.4 Å². The molecule has 0 aromatic rings. The van der Waals surface area contributed by atoms with E-state index in [1.54, 1.807) is 28.4 Å². The zero-order valence-corrected chi connectivity index (χ0v) is 13.2. The highest BCUT2D eigenvalue weighted by Gasteiger charge is 2.49. The average Bonchev–Trinajstić information content (AvgIpc) is 2.94. The van der Waals surface area contributed by atoms with Crippen molar-refractivity contribution in [1.29, 1.82) is 0 Å². The number of aliphatic carboxylic acids is 1. The van der Waals surface area contributed by atoms with Crippen LogP contribution in [0.3, 0.4) is 0 Å². The van der Waals surface area contributed by atoms with Crippen molar-refractivity contribution in [3.63, 3.8) is 0 Å². The van der Waals surface area contributed by atoms with Crippen molar-refractivity contribution in [3.8, 4) is 0 Å². The van der Waals surface area contributed by atoms with Gasteiger partial charge < -0.3 is 10.0 Å². The topological polar surface area (TPSA) is 57.6 Å². The molecule has 1 amide bonds. The smallest absolute Gasteiger partial charge is 0.327 e. The first kappa shape index (κ1) is 15.0. The standard InChI is InChI=1S/C13H21NO3S2/c1-8(2)10-14(9(7-18-10)11(15)16)12(17)13(3)5-4-6-19-13/h8-10H,4-7H2,1-3H3,(H,15,16). The highest BCUT2D eigenvalue weighted by Crippen LogP contribution is 2.43. The van der Waals surface area contributed by atoms with Gasteiger partial charge in [0.25, 0.3) is 0 Å². The number of carbonyl (C=O) groups is 2. The van der Waals surface area contributed by atoms with E-state index in [4.69, 9.17) is 0 Å². The van der Waals surface area contributed by atoms with E-state index in [1.807, 2.05) is 20.8 Å². The van der Waals surface area contributed by atoms with E-state index < -0.39 is 16.8 Å². The van der Waals surface area contributed by atoms with E-state index in [1.165, 1.54) is 0 Å². The first-order chi connectivity index (χ1) is 8.87. The molecular formula is C13H21NO3S2. The van der Waals surface area contributed by atoms with Crippen LogP contribution in [-0.4, -0.2) is 49.6 Å². The molecule has 2 aliphatic heterocycles. The first-order valence-corrected chi connectivity index (χ1v) is 8.71. The van der Waals surface area contributed by atoms with Crippen LogP contribution in [0.4, 0.5) is 0 Å². The Morgan fingerprint density at radius 2 is 2.11 bits per heavy atom. The number of hydrogen-bond donors (Lipinski definition) is 1. The summed E-state index contributed by atoms with van der Waals surface area (Å²) in [6.45, 7) is 6.06. The van der Waals surface area contributed by atoms with Crippen LogP contribution < -0.4 is 0 Å². The number of rotatable bonds is 3. The van der Waals surface area contributed by atoms with Crippen molar-refractivity contribution in [3.05, 3.63) is 0 Å². The van der Waals surface area contributed by atoms with Crippen molar-refractivity contribution in [1.82, 2.24) is 4.90 Å². The maximum atomic E-state index is 12.8. The molecule has 0 saturated carbocycles. The van der Waals surface area contributed by atoms with Crippen LogP contribution in [0, 0.1) is 5.92 Å². The summed E-state index contributed by atoms with van der Waals surface area (Å²) >= 11 is 3.27. The van der Waals surface area contributed by atoms with Gasteiger partial charge in [-0.05, 0) is 31.4 Å². The van der Waals surface area contributed by atoms with Gasteiger partial charge >= 0.3 is 5.97 Å². The second kappa shape index (κ2) is 5.56. The van der Waals surface area contributed by atoms with Gasteiger partial charge in [-0.25, -0.2) is 4.79 Å². The lowest BCUT2D eigenvalue weighted by Crippen LogP contribution is -2.53. The van der Waals surface area contributed by atoms with Gasteiger partial charge in [-0.1, -0.05) is 13.8 Å². The lowest BCUT2D eigenvalue weighted by atomic mass is 10.0. The third-order valence-electron chi connectivity index (χ3n) is 3.80. The van der Waals surface area contributed by atoms with Crippen molar-refractivity contribution in [2.45, 2.75) is 49.8 Å². The Bertz CT molecular complexity index is 380. The van der Waals surface area contributed by atoms with E-state index in [0.717, 1.165) is 18.6 Å². The third kappa shape index (κ3) is 2.75. The van der Waals surface area contributed by atoms with Gasteiger partial charge in [0.15, 0.2) is 0 Å². The average molecular weight is 303 g/mol. The molecule has 0 spiro atoms. The number of nitrogens with zero attached hydrogens (tertiary/aromatic N) is 1. The molecule has 3 unspecified atom stereocenters. The van der Waals surface area contributed by atoms with Crippen LogP contribution in [-0.2, 0) is 9.59 Å². The fraction of sp³-hybridized carbons (Fsp3) is 0.846. The highest BCUT2D eigenvalue weighted by atomic mass is 32.2. The van der Waals surface area contributed by atoms with Crippen molar-refractivity contribution in [2.75, 3.05) is 11.5 Å². The number of carboxylic acid groups (broad SMARTS) is 1. The Labute approximate surface area is 122 Å². The van der Waals surface area contributed by atoms with Crippen molar-refractivity contribution < 1.29 is 14.7 Å². The Balaban J connectivity index is 2.25. The molecule has 2 rings (SSSR count). The Morgan fingerprint density at radius 3 is 2.58 bits per heavy atom. The first-order valence-electron chi connectivity index (χ1n) is 6.68. The minimum Gasteiger partial charge on any atom is -0.480 e. The fourth-order valence-electron chi connectivity index (χ4n) is 2.71. The van der Waals surface area contributed by atoms with E-state index in [2.05, 4.69) is 0 Å². The molecule has 4 nitrogen and oxygen atoms in total. The van der Waals surface area contributed by atoms with E-state index >= 15 is 0 Å². The Morgan fingerprint density at radius 1 is 1.42 bits per heavy atom. The van der Waals surface area contributed by atoms with Crippen LogP contribution >= 0.6 is 23.5 Å². The minimum absolute atomic E-state index is 0.00775. The molecule has 6 heteroatoms. The molecule has 2 fully saturated rings. The fourth-order valence-corrected chi connectivity index (χ4v) is 5.44. The van der Waals surface area contributed by atoms with Gasteiger partial charge in [0.1, 0.15) is 6.04 Å². The van der Waals surface area contributed by atoms with Gasteiger partial charge in [-0.15, -0.1) is 23.5 Å². The van der Waals surface area contributed by atoms with Crippen molar-refractivity contribution in [2.24, 2.45) is 5.92 Å². The number of hydrogen-bond acceptors (Lipinski definition) is 4. The van der Waals surface area contributed by atoms with Gasteiger partial charge in [-0.2, -0.15) is 0 Å². The van der Waals surface area contributed by atoms with Crippen LogP contribution in [0.15, 0.2) is 0 Å². The molecule has 0 aromatic heterocycles. The number of carboxylic acids is 1. The second-order valence-corrected chi connectivity index (χ2v) is 8.46. The lowest BCUT2D eigenvalue weighted by molar-refractivity contribution is -0.150. The summed E-state index contributed by atoms with van der Waals surface area (Å²) in [6, 6.07) is -0.664. The normalized spacial score (nSPS) is 35.1. The molecule has 108 valence electrons. The number of thioether (sulfide) groups is 2. The summed E-state index contributed by atoms with van der Waals surface area (Å²) in [5.41, 5.74) is 0. The van der Waals surface area contributed by atoms with Gasteiger partial charge in [-0.3, -0.25) is 4.79 Å². The Kier molecular flexibility index (Phi) is 4.40. The molecule has 1 N–H and O–H groups in total. The molecular weight excluding hydrogens is 282 g/mol. The zero-order valence-electron chi connectivity index (χ0n) is 11.6. The summed E-state index contributed by atoms with van der Waals surface area (Å²) in [7, 11) is 0. The highest BCUT2D eigenvalue weighted by molar-refractivity contribution is 8.01. The predicted molar refractivity (Wildman–Crippen MR) is 79.5 cm³/mol. The van der Waals surface area contributed by atoms with Gasteiger partial charge in [0.2, 0.25) is 5.91 Å². The maximum Gasteiger partial charge on any atom is 0.327 e. The molecule has 2 heterocycles. The molecule has 2 saturated heterocycles. The predicted octanol–water partition coefficient (Wildman–Crippen LogP) is 2.28. The maximum absolute atomic E-state index is 12.8. The van der Waals surface area contributed by atoms with E-state index in [0.29, 0.717) is 5.75 Å². The lowest BCUT2D eigenvalue weighted by Gasteiger charge is -2.35. The molecule has 19 heavy (non-hydrogen) atoms. The summed E-state index contributed by atoms with van der Waals surface area (Å²) in [5, 5.41) is 9.34. The molecule has 3 atom stereocenters. The number of amides is 1. The SMILES string of the molecule is CC(C)C1SCC(C(=O)O)N1C(=O)C1(C)CCCS1. The summed E-state index contributed by atoms with van der Waals surface area (Å²) < 4.78 is -0.425. The summed E-state index contributed by atoms with van der Waals surface area (Å²) in [4.78, 5) is 25.9. The number of carbonyl (C=O) groups excluding carboxylic acids is 1. The van der Waals surface area contributed by atoms with Gasteiger partial charge in [0, 0.05) is 5.75 Å². The molecule has 0 bridgehead atoms. The van der Waals surface area contributed by atoms with E-state index in [9.17, 15) is 14.7 Å². The van der Waals surface area contributed by atoms with Crippen LogP contribution in [0.2, 0.25) is 0 Å². The molecule has 0 aliphatic carbocycles. The minimum atomic E-state index is -0.879. The zero-order chi connectivity index (χ0) is 14.2. The summed E-state index contributed by atoms with van der Waals surface area (Å²) in [6.07, 6.45) is 1.90. The molecule has 2 aliphatic rings. The molecule has 0 aromatic carbocycles. The Hall–Kier alpha value is -0.360. The summed E-state index contributed by atoms with van der Waals surface area (Å²) in [5.74, 6) is 0.910.